The molecule has 0 heterocycles. The Bertz CT molecular complexity index is 239. The quantitative estimate of drug-likeness (QED) is 0.505. The van der Waals surface area contributed by atoms with Crippen LogP contribution in [-0.4, -0.2) is 0 Å². The summed E-state index contributed by atoms with van der Waals surface area (Å²) in [5, 5.41) is 5.85. The van der Waals surface area contributed by atoms with Crippen LogP contribution in [0.4, 0.5) is 5.69 Å². The maximum absolute atomic E-state index is 5.66. The Morgan fingerprint density at radius 1 is 1.40 bits per heavy atom. The van der Waals surface area contributed by atoms with E-state index in [4.69, 9.17) is 22.5 Å². The molecule has 2 nitrogen and oxygen atoms in total. The van der Waals surface area contributed by atoms with Gasteiger partial charge in [0.1, 0.15) is 0 Å². The molecular weight excluding hydrogens is 168 g/mol. The number of nitrogen functional groups attached to an aromatic ring is 1. The molecule has 0 spiro atoms. The highest BCUT2D eigenvalue weighted by Crippen LogP contribution is 2.22. The monoisotopic (exact) mass is 174 g/mol. The number of hydrogen-bond donors (Lipinski definition) is 2. The molecule has 0 fully saturated rings. The molecule has 0 bridgehead atoms. The van der Waals surface area contributed by atoms with Gasteiger partial charge in [0.2, 0.25) is 0 Å². The second-order valence-electron chi connectivity index (χ2n) is 1.80. The van der Waals surface area contributed by atoms with Crippen molar-refractivity contribution >= 4 is 29.2 Å². The number of anilines is 1. The average molecular weight is 175 g/mol. The third-order valence-electron chi connectivity index (χ3n) is 1.10. The van der Waals surface area contributed by atoms with E-state index < -0.39 is 0 Å². The molecule has 54 valence electrons. The van der Waals surface area contributed by atoms with E-state index in [1.165, 1.54) is 0 Å². The van der Waals surface area contributed by atoms with Crippen molar-refractivity contribution in [1.29, 1.82) is 0 Å². The molecule has 0 aliphatic heterocycles. The lowest BCUT2D eigenvalue weighted by atomic mass is 10.3. The zero-order valence-electron chi connectivity index (χ0n) is 5.17. The minimum Gasteiger partial charge on any atom is -0.397 e. The van der Waals surface area contributed by atoms with Crippen LogP contribution in [0.2, 0.25) is 5.02 Å². The highest BCUT2D eigenvalue weighted by molar-refractivity contribution is 7.97. The first kappa shape index (κ1) is 7.72. The minimum absolute atomic E-state index is 0.567. The van der Waals surface area contributed by atoms with E-state index in [1.807, 2.05) is 6.07 Å². The second-order valence-corrected chi connectivity index (χ2v) is 2.92. The summed E-state index contributed by atoms with van der Waals surface area (Å²) in [6.07, 6.45) is 0. The van der Waals surface area contributed by atoms with Crippen LogP contribution >= 0.6 is 23.5 Å². The summed E-state index contributed by atoms with van der Waals surface area (Å²) < 4.78 is 0. The fourth-order valence-electron chi connectivity index (χ4n) is 0.595. The largest absolute Gasteiger partial charge is 0.397 e. The summed E-state index contributed by atoms with van der Waals surface area (Å²) in [7, 11) is 0. The van der Waals surface area contributed by atoms with Crippen LogP contribution in [-0.2, 0) is 0 Å². The SMILES string of the molecule is NSc1ccc(Cl)c(N)c1. The van der Waals surface area contributed by atoms with Gasteiger partial charge in [0, 0.05) is 4.90 Å². The third-order valence-corrected chi connectivity index (χ3v) is 1.97. The second kappa shape index (κ2) is 3.14. The fraction of sp³-hybridized carbons (Fsp3) is 0. The van der Waals surface area contributed by atoms with Crippen molar-refractivity contribution in [1.82, 2.24) is 0 Å². The zero-order valence-corrected chi connectivity index (χ0v) is 6.75. The van der Waals surface area contributed by atoms with Gasteiger partial charge in [0.05, 0.1) is 10.7 Å². The van der Waals surface area contributed by atoms with Gasteiger partial charge >= 0.3 is 0 Å². The van der Waals surface area contributed by atoms with Crippen molar-refractivity contribution in [3.05, 3.63) is 23.2 Å². The molecule has 10 heavy (non-hydrogen) atoms. The van der Waals surface area contributed by atoms with E-state index in [-0.39, 0.29) is 0 Å². The van der Waals surface area contributed by atoms with Gasteiger partial charge in [-0.15, -0.1) is 0 Å². The first-order valence-corrected chi connectivity index (χ1v) is 3.91. The Hall–Kier alpha value is -0.380. The lowest BCUT2D eigenvalue weighted by Gasteiger charge is -1.98. The third kappa shape index (κ3) is 1.56. The lowest BCUT2D eigenvalue weighted by molar-refractivity contribution is 1.46. The number of rotatable bonds is 1. The molecule has 1 aromatic carbocycles. The molecule has 0 unspecified atom stereocenters. The average Bonchev–Trinajstić information content (AvgIpc) is 1.95. The van der Waals surface area contributed by atoms with Crippen molar-refractivity contribution in [2.45, 2.75) is 4.90 Å². The Morgan fingerprint density at radius 2 is 2.10 bits per heavy atom. The van der Waals surface area contributed by atoms with Gasteiger partial charge in [-0.1, -0.05) is 11.6 Å². The van der Waals surface area contributed by atoms with Crippen molar-refractivity contribution in [3.63, 3.8) is 0 Å². The molecule has 1 aromatic rings. The van der Waals surface area contributed by atoms with E-state index in [0.29, 0.717) is 10.7 Å². The van der Waals surface area contributed by atoms with Gasteiger partial charge in [-0.25, -0.2) is 0 Å². The van der Waals surface area contributed by atoms with Gasteiger partial charge in [-0.3, -0.25) is 5.14 Å². The first-order valence-electron chi connectivity index (χ1n) is 2.66. The van der Waals surface area contributed by atoms with Crippen LogP contribution in [0.3, 0.4) is 0 Å². The van der Waals surface area contributed by atoms with Crippen molar-refractivity contribution in [2.24, 2.45) is 5.14 Å². The van der Waals surface area contributed by atoms with Gasteiger partial charge in [0.15, 0.2) is 0 Å². The molecule has 0 aliphatic rings. The van der Waals surface area contributed by atoms with E-state index in [1.54, 1.807) is 12.1 Å². The van der Waals surface area contributed by atoms with Crippen LogP contribution in [0.5, 0.6) is 0 Å². The fourth-order valence-corrected chi connectivity index (χ4v) is 1.05. The summed E-state index contributed by atoms with van der Waals surface area (Å²) in [6, 6.07) is 5.29. The summed E-state index contributed by atoms with van der Waals surface area (Å²) in [4.78, 5) is 0.918. The van der Waals surface area contributed by atoms with E-state index >= 15 is 0 Å². The topological polar surface area (TPSA) is 52.0 Å². The van der Waals surface area contributed by atoms with E-state index in [2.05, 4.69) is 0 Å². The smallest absolute Gasteiger partial charge is 0.0636 e. The Kier molecular flexibility index (Phi) is 2.43. The molecule has 0 aliphatic carbocycles. The van der Waals surface area contributed by atoms with Crippen LogP contribution in [0.1, 0.15) is 0 Å². The van der Waals surface area contributed by atoms with Crippen molar-refractivity contribution in [2.75, 3.05) is 5.73 Å². The zero-order chi connectivity index (χ0) is 7.56. The molecule has 0 aromatic heterocycles. The van der Waals surface area contributed by atoms with Gasteiger partial charge < -0.3 is 5.73 Å². The van der Waals surface area contributed by atoms with Crippen LogP contribution in [0.25, 0.3) is 0 Å². The predicted molar refractivity (Wildman–Crippen MR) is 45.9 cm³/mol. The molecule has 4 heteroatoms. The number of nitrogens with two attached hydrogens (primary N) is 2. The van der Waals surface area contributed by atoms with E-state index in [0.717, 1.165) is 16.8 Å². The van der Waals surface area contributed by atoms with Crippen LogP contribution in [0, 0.1) is 0 Å². The standard InChI is InChI=1S/C6H7ClN2S/c7-5-2-1-4(10-9)3-6(5)8/h1-3H,8-9H2. The molecule has 0 amide bonds. The molecular formula is C6H7ClN2S. The Labute approximate surface area is 68.7 Å². The van der Waals surface area contributed by atoms with E-state index in [9.17, 15) is 0 Å². The van der Waals surface area contributed by atoms with Crippen LogP contribution < -0.4 is 10.9 Å². The van der Waals surface area contributed by atoms with Gasteiger partial charge in [-0.2, -0.15) is 0 Å². The predicted octanol–water partition coefficient (Wildman–Crippen LogP) is 1.89. The first-order chi connectivity index (χ1) is 4.74. The summed E-state index contributed by atoms with van der Waals surface area (Å²) in [5.74, 6) is 0. The number of benzene rings is 1. The molecule has 0 saturated heterocycles. The summed E-state index contributed by atoms with van der Waals surface area (Å²) >= 11 is 6.82. The number of halogens is 1. The maximum atomic E-state index is 5.66. The molecule has 0 atom stereocenters. The molecule has 0 saturated carbocycles. The summed E-state index contributed by atoms with van der Waals surface area (Å²) in [6.45, 7) is 0. The van der Waals surface area contributed by atoms with Gasteiger partial charge in [-0.05, 0) is 30.1 Å². The lowest BCUT2D eigenvalue weighted by Crippen LogP contribution is -1.87. The van der Waals surface area contributed by atoms with Crippen molar-refractivity contribution < 1.29 is 0 Å². The summed E-state index contributed by atoms with van der Waals surface area (Å²) in [5.41, 5.74) is 6.06. The minimum atomic E-state index is 0.567. The van der Waals surface area contributed by atoms with Crippen LogP contribution in [0.15, 0.2) is 23.1 Å². The molecule has 1 rings (SSSR count). The maximum Gasteiger partial charge on any atom is 0.0636 e. The Balaban J connectivity index is 3.04. The number of hydrogen-bond acceptors (Lipinski definition) is 3. The highest BCUT2D eigenvalue weighted by atomic mass is 35.5. The van der Waals surface area contributed by atoms with Crippen molar-refractivity contribution in [3.8, 4) is 0 Å². The molecule has 0 radical (unpaired) electrons. The van der Waals surface area contributed by atoms with Gasteiger partial charge in [0.25, 0.3) is 0 Å². The Morgan fingerprint density at radius 3 is 2.60 bits per heavy atom. The molecule has 4 N–H and O–H groups in total. The normalized spacial score (nSPS) is 9.80. The highest BCUT2D eigenvalue weighted by Gasteiger charge is 1.95.